The monoisotopic (exact) mass is 255 g/mol. The topological polar surface area (TPSA) is 37.8 Å². The predicted molar refractivity (Wildman–Crippen MR) is 80.6 cm³/mol. The third-order valence-corrected chi connectivity index (χ3v) is 3.17. The summed E-state index contributed by atoms with van der Waals surface area (Å²) in [4.78, 5) is 9.19. The van der Waals surface area contributed by atoms with Crippen molar-refractivity contribution in [2.24, 2.45) is 0 Å². The Kier molecular flexibility index (Phi) is 3.84. The van der Waals surface area contributed by atoms with Gasteiger partial charge in [-0.1, -0.05) is 37.6 Å². The molecule has 1 N–H and O–H groups in total. The quantitative estimate of drug-likeness (QED) is 0.903. The van der Waals surface area contributed by atoms with Gasteiger partial charge < -0.3 is 5.32 Å². The van der Waals surface area contributed by atoms with E-state index in [2.05, 4.69) is 56.2 Å². The van der Waals surface area contributed by atoms with E-state index in [1.165, 1.54) is 16.7 Å². The lowest BCUT2D eigenvalue weighted by Gasteiger charge is -2.12. The Morgan fingerprint density at radius 2 is 1.79 bits per heavy atom. The smallest absolute Gasteiger partial charge is 0.133 e. The summed E-state index contributed by atoms with van der Waals surface area (Å²) in [5.74, 6) is 2.06. The van der Waals surface area contributed by atoms with Crippen LogP contribution in [0.25, 0.3) is 11.3 Å². The maximum absolute atomic E-state index is 4.69. The zero-order valence-corrected chi connectivity index (χ0v) is 12.3. The van der Waals surface area contributed by atoms with E-state index in [9.17, 15) is 0 Å². The van der Waals surface area contributed by atoms with Gasteiger partial charge in [0.15, 0.2) is 0 Å². The van der Waals surface area contributed by atoms with Crippen molar-refractivity contribution < 1.29 is 0 Å². The van der Waals surface area contributed by atoms with Crippen LogP contribution in [0, 0.1) is 13.8 Å². The molecule has 19 heavy (non-hydrogen) atoms. The van der Waals surface area contributed by atoms with Crippen molar-refractivity contribution in [3.63, 3.8) is 0 Å². The van der Waals surface area contributed by atoms with Gasteiger partial charge in [-0.3, -0.25) is 0 Å². The minimum absolute atomic E-state index is 0.317. The number of rotatable bonds is 3. The molecule has 1 aromatic carbocycles. The average molecular weight is 255 g/mol. The minimum Gasteiger partial charge on any atom is -0.373 e. The molecule has 0 atom stereocenters. The fraction of sp³-hybridized carbons (Fsp3) is 0.375. The Morgan fingerprint density at radius 1 is 1.05 bits per heavy atom. The van der Waals surface area contributed by atoms with E-state index in [-0.39, 0.29) is 0 Å². The third-order valence-electron chi connectivity index (χ3n) is 3.17. The van der Waals surface area contributed by atoms with E-state index in [0.29, 0.717) is 5.92 Å². The van der Waals surface area contributed by atoms with Gasteiger partial charge in [0.2, 0.25) is 0 Å². The summed E-state index contributed by atoms with van der Waals surface area (Å²) < 4.78 is 0. The summed E-state index contributed by atoms with van der Waals surface area (Å²) in [5, 5.41) is 3.11. The van der Waals surface area contributed by atoms with Gasteiger partial charge >= 0.3 is 0 Å². The maximum Gasteiger partial charge on any atom is 0.133 e. The maximum atomic E-state index is 4.69. The minimum atomic E-state index is 0.317. The largest absolute Gasteiger partial charge is 0.373 e. The Hall–Kier alpha value is -1.90. The van der Waals surface area contributed by atoms with E-state index < -0.39 is 0 Å². The summed E-state index contributed by atoms with van der Waals surface area (Å²) >= 11 is 0. The van der Waals surface area contributed by atoms with Gasteiger partial charge in [-0.15, -0.1) is 0 Å². The van der Waals surface area contributed by atoms with Crippen molar-refractivity contribution in [1.82, 2.24) is 9.97 Å². The average Bonchev–Trinajstić information content (AvgIpc) is 2.38. The second-order valence-corrected chi connectivity index (χ2v) is 5.22. The SMILES string of the molecule is CNc1cc(-c2ccc(C)cc2C)nc(C(C)C)n1. The number of anilines is 1. The van der Waals surface area contributed by atoms with E-state index in [1.807, 2.05) is 13.1 Å². The molecule has 0 saturated heterocycles. The molecule has 0 radical (unpaired) electrons. The highest BCUT2D eigenvalue weighted by Gasteiger charge is 2.10. The summed E-state index contributed by atoms with van der Waals surface area (Å²) in [6.07, 6.45) is 0. The number of aryl methyl sites for hydroxylation is 2. The van der Waals surface area contributed by atoms with Gasteiger partial charge in [0.1, 0.15) is 11.6 Å². The van der Waals surface area contributed by atoms with E-state index in [0.717, 1.165) is 17.3 Å². The lowest BCUT2D eigenvalue weighted by Crippen LogP contribution is -2.03. The third kappa shape index (κ3) is 2.92. The number of benzene rings is 1. The molecule has 0 aliphatic heterocycles. The lowest BCUT2D eigenvalue weighted by atomic mass is 10.0. The Morgan fingerprint density at radius 3 is 2.37 bits per heavy atom. The summed E-state index contributed by atoms with van der Waals surface area (Å²) in [5.41, 5.74) is 4.68. The van der Waals surface area contributed by atoms with Gasteiger partial charge in [-0.2, -0.15) is 0 Å². The zero-order chi connectivity index (χ0) is 14.0. The van der Waals surface area contributed by atoms with Crippen molar-refractivity contribution in [3.05, 3.63) is 41.2 Å². The van der Waals surface area contributed by atoms with Gasteiger partial charge in [0.25, 0.3) is 0 Å². The van der Waals surface area contributed by atoms with Crippen LogP contribution in [0.4, 0.5) is 5.82 Å². The molecule has 2 aromatic rings. The first-order valence-electron chi connectivity index (χ1n) is 6.65. The molecule has 0 aliphatic carbocycles. The molecule has 0 unspecified atom stereocenters. The summed E-state index contributed by atoms with van der Waals surface area (Å²) in [6, 6.07) is 8.45. The molecular formula is C16H21N3. The zero-order valence-electron chi connectivity index (χ0n) is 12.3. The van der Waals surface area contributed by atoms with Crippen molar-refractivity contribution >= 4 is 5.82 Å². The second-order valence-electron chi connectivity index (χ2n) is 5.22. The normalized spacial score (nSPS) is 10.8. The molecule has 1 aromatic heterocycles. The van der Waals surface area contributed by atoms with E-state index in [1.54, 1.807) is 0 Å². The number of aromatic nitrogens is 2. The van der Waals surface area contributed by atoms with Crippen molar-refractivity contribution in [2.45, 2.75) is 33.6 Å². The van der Waals surface area contributed by atoms with E-state index >= 15 is 0 Å². The summed E-state index contributed by atoms with van der Waals surface area (Å²) in [7, 11) is 1.89. The first-order chi connectivity index (χ1) is 9.01. The molecule has 0 bridgehead atoms. The molecule has 3 heteroatoms. The molecule has 1 heterocycles. The highest BCUT2D eigenvalue weighted by Crippen LogP contribution is 2.25. The molecule has 0 aliphatic rings. The number of hydrogen-bond donors (Lipinski definition) is 1. The van der Waals surface area contributed by atoms with Gasteiger partial charge in [0, 0.05) is 24.6 Å². The van der Waals surface area contributed by atoms with Crippen molar-refractivity contribution in [2.75, 3.05) is 12.4 Å². The first kappa shape index (κ1) is 13.5. The highest BCUT2D eigenvalue weighted by atomic mass is 15.0. The fourth-order valence-electron chi connectivity index (χ4n) is 2.09. The van der Waals surface area contributed by atoms with Gasteiger partial charge in [0.05, 0.1) is 5.69 Å². The molecule has 2 rings (SSSR count). The molecule has 0 spiro atoms. The van der Waals surface area contributed by atoms with Gasteiger partial charge in [-0.05, 0) is 19.4 Å². The molecule has 0 fully saturated rings. The lowest BCUT2D eigenvalue weighted by molar-refractivity contribution is 0.777. The Balaban J connectivity index is 2.57. The van der Waals surface area contributed by atoms with Crippen LogP contribution in [0.2, 0.25) is 0 Å². The Labute approximate surface area is 115 Å². The van der Waals surface area contributed by atoms with Crippen LogP contribution in [0.1, 0.15) is 36.7 Å². The molecule has 3 nitrogen and oxygen atoms in total. The molecule has 0 amide bonds. The number of nitrogens with one attached hydrogen (secondary N) is 1. The number of nitrogens with zero attached hydrogens (tertiary/aromatic N) is 2. The van der Waals surface area contributed by atoms with Crippen LogP contribution in [-0.2, 0) is 0 Å². The van der Waals surface area contributed by atoms with Crippen LogP contribution in [-0.4, -0.2) is 17.0 Å². The van der Waals surface area contributed by atoms with Crippen molar-refractivity contribution in [3.8, 4) is 11.3 Å². The summed E-state index contributed by atoms with van der Waals surface area (Å²) in [6.45, 7) is 8.45. The molecule has 0 saturated carbocycles. The van der Waals surface area contributed by atoms with Crippen LogP contribution in [0.15, 0.2) is 24.3 Å². The predicted octanol–water partition coefficient (Wildman–Crippen LogP) is 3.93. The van der Waals surface area contributed by atoms with Crippen LogP contribution < -0.4 is 5.32 Å². The second kappa shape index (κ2) is 5.39. The standard InChI is InChI=1S/C16H21N3/c1-10(2)16-18-14(9-15(17-5)19-16)13-7-6-11(3)8-12(13)4/h6-10H,1-5H3,(H,17,18,19). The van der Waals surface area contributed by atoms with Crippen LogP contribution in [0.5, 0.6) is 0 Å². The fourth-order valence-corrected chi connectivity index (χ4v) is 2.09. The van der Waals surface area contributed by atoms with Crippen molar-refractivity contribution in [1.29, 1.82) is 0 Å². The first-order valence-corrected chi connectivity index (χ1v) is 6.65. The highest BCUT2D eigenvalue weighted by molar-refractivity contribution is 5.66. The van der Waals surface area contributed by atoms with Crippen LogP contribution in [0.3, 0.4) is 0 Å². The number of hydrogen-bond acceptors (Lipinski definition) is 3. The molecule has 100 valence electrons. The Bertz CT molecular complexity index is 589. The van der Waals surface area contributed by atoms with E-state index in [4.69, 9.17) is 4.98 Å². The molecular weight excluding hydrogens is 234 g/mol. The van der Waals surface area contributed by atoms with Crippen LogP contribution >= 0.6 is 0 Å². The van der Waals surface area contributed by atoms with Gasteiger partial charge in [-0.25, -0.2) is 9.97 Å².